The maximum absolute atomic E-state index is 3.75. The number of fused-ring (bicyclic) bond motifs is 10. The Hall–Kier alpha value is -6.14. The molecule has 1 heteroatoms. The van der Waals surface area contributed by atoms with Gasteiger partial charge in [0.25, 0.3) is 0 Å². The largest absolute Gasteiger partial charge is 0.303 e. The summed E-state index contributed by atoms with van der Waals surface area (Å²) in [5, 5.41) is 0. The molecule has 1 unspecified atom stereocenters. The summed E-state index contributed by atoms with van der Waals surface area (Å²) in [7, 11) is 0. The molecular formula is C54H43N. The highest BCUT2D eigenvalue weighted by molar-refractivity contribution is 5.96. The van der Waals surface area contributed by atoms with E-state index in [2.05, 4.69) is 181 Å². The lowest BCUT2D eigenvalue weighted by Gasteiger charge is -2.32. The minimum Gasteiger partial charge on any atom is -0.303 e. The fourth-order valence-corrected chi connectivity index (χ4v) is 10.3. The summed E-state index contributed by atoms with van der Waals surface area (Å²) in [6.07, 6.45) is 25.1. The highest BCUT2D eigenvalue weighted by atomic mass is 15.2. The zero-order valence-corrected chi connectivity index (χ0v) is 31.4. The van der Waals surface area contributed by atoms with E-state index in [-0.39, 0.29) is 11.3 Å². The van der Waals surface area contributed by atoms with Crippen molar-refractivity contribution in [3.8, 4) is 22.3 Å². The van der Waals surface area contributed by atoms with Crippen LogP contribution in [0.1, 0.15) is 84.7 Å². The molecule has 1 heterocycles. The lowest BCUT2D eigenvalue weighted by molar-refractivity contribution is 0.782. The van der Waals surface area contributed by atoms with Crippen LogP contribution in [0.3, 0.4) is 0 Å². The second-order valence-corrected chi connectivity index (χ2v) is 16.0. The molecule has 5 aromatic carbocycles. The summed E-state index contributed by atoms with van der Waals surface area (Å²) in [5.41, 5.74) is 26.4. The van der Waals surface area contributed by atoms with Crippen molar-refractivity contribution in [3.05, 3.63) is 231 Å². The molecule has 1 atom stereocenters. The van der Waals surface area contributed by atoms with Crippen LogP contribution in [0, 0.1) is 0 Å². The van der Waals surface area contributed by atoms with Gasteiger partial charge >= 0.3 is 0 Å². The van der Waals surface area contributed by atoms with E-state index in [1.807, 2.05) is 0 Å². The van der Waals surface area contributed by atoms with Crippen molar-refractivity contribution >= 4 is 11.3 Å². The van der Waals surface area contributed by atoms with E-state index in [0.717, 1.165) is 44.2 Å². The number of para-hydroxylation sites is 1. The zero-order chi connectivity index (χ0) is 36.5. The lowest BCUT2D eigenvalue weighted by Crippen LogP contribution is -2.26. The number of hydrogen-bond acceptors (Lipinski definition) is 1. The number of rotatable bonds is 4. The first-order valence-electron chi connectivity index (χ1n) is 20.1. The molecule has 6 aliphatic rings. The van der Waals surface area contributed by atoms with Gasteiger partial charge in [-0.05, 0) is 143 Å². The van der Waals surface area contributed by atoms with E-state index in [1.54, 1.807) is 0 Å². The van der Waals surface area contributed by atoms with Crippen LogP contribution >= 0.6 is 0 Å². The second-order valence-electron chi connectivity index (χ2n) is 16.0. The van der Waals surface area contributed by atoms with Gasteiger partial charge in [0.05, 0.1) is 11.1 Å². The van der Waals surface area contributed by atoms with Gasteiger partial charge in [-0.2, -0.15) is 0 Å². The van der Waals surface area contributed by atoms with Gasteiger partial charge in [-0.15, -0.1) is 0 Å². The molecule has 0 amide bonds. The molecule has 5 aromatic rings. The molecule has 0 bridgehead atoms. The van der Waals surface area contributed by atoms with Gasteiger partial charge in [0.15, 0.2) is 0 Å². The predicted octanol–water partition coefficient (Wildman–Crippen LogP) is 13.7. The smallest absolute Gasteiger partial charge is 0.0957 e. The average Bonchev–Trinajstić information content (AvgIpc) is 3.61. The van der Waals surface area contributed by atoms with E-state index < -0.39 is 0 Å². The van der Waals surface area contributed by atoms with E-state index in [0.29, 0.717) is 0 Å². The third kappa shape index (κ3) is 4.93. The van der Waals surface area contributed by atoms with Crippen molar-refractivity contribution in [2.24, 2.45) is 0 Å². The van der Waals surface area contributed by atoms with Gasteiger partial charge < -0.3 is 4.90 Å². The van der Waals surface area contributed by atoms with Gasteiger partial charge in [-0.1, -0.05) is 145 Å². The van der Waals surface area contributed by atoms with E-state index in [1.165, 1.54) is 89.3 Å². The molecule has 0 N–H and O–H groups in total. The zero-order valence-electron chi connectivity index (χ0n) is 31.4. The van der Waals surface area contributed by atoms with Crippen LogP contribution in [-0.4, -0.2) is 0 Å². The summed E-state index contributed by atoms with van der Waals surface area (Å²) in [5.74, 6) is 0.282. The van der Waals surface area contributed by atoms with Gasteiger partial charge in [0.1, 0.15) is 0 Å². The average molecular weight is 706 g/mol. The fourth-order valence-electron chi connectivity index (χ4n) is 10.3. The number of hydrogen-bond donors (Lipinski definition) is 0. The summed E-state index contributed by atoms with van der Waals surface area (Å²) in [6.45, 7) is 2.25. The Bertz CT molecular complexity index is 2650. The third-order valence-corrected chi connectivity index (χ3v) is 13.0. The molecule has 11 rings (SSSR count). The Morgan fingerprint density at radius 1 is 0.673 bits per heavy atom. The first kappa shape index (κ1) is 32.3. The molecule has 0 saturated heterocycles. The third-order valence-electron chi connectivity index (χ3n) is 13.0. The monoisotopic (exact) mass is 705 g/mol. The van der Waals surface area contributed by atoms with Gasteiger partial charge in [-0.25, -0.2) is 0 Å². The lowest BCUT2D eigenvalue weighted by atomic mass is 9.69. The van der Waals surface area contributed by atoms with E-state index in [4.69, 9.17) is 0 Å². The topological polar surface area (TPSA) is 3.24 Å². The maximum Gasteiger partial charge on any atom is 0.0957 e. The molecule has 1 spiro atoms. The molecule has 0 radical (unpaired) electrons. The Morgan fingerprint density at radius 2 is 1.40 bits per heavy atom. The Labute approximate surface area is 325 Å². The minimum atomic E-state index is -0.366. The summed E-state index contributed by atoms with van der Waals surface area (Å²) >= 11 is 0. The van der Waals surface area contributed by atoms with E-state index >= 15 is 0 Å². The molecule has 1 nitrogen and oxygen atoms in total. The van der Waals surface area contributed by atoms with Crippen LogP contribution in [0.2, 0.25) is 0 Å². The summed E-state index contributed by atoms with van der Waals surface area (Å²) in [6, 6.07) is 43.9. The Morgan fingerprint density at radius 3 is 2.15 bits per heavy atom. The van der Waals surface area contributed by atoms with Crippen molar-refractivity contribution < 1.29 is 0 Å². The van der Waals surface area contributed by atoms with Crippen molar-refractivity contribution in [1.82, 2.24) is 0 Å². The Kier molecular flexibility index (Phi) is 7.48. The summed E-state index contributed by atoms with van der Waals surface area (Å²) < 4.78 is 0. The van der Waals surface area contributed by atoms with Crippen LogP contribution in [0.4, 0.5) is 5.69 Å². The number of allylic oxidation sites excluding steroid dienone is 10. The van der Waals surface area contributed by atoms with Crippen LogP contribution < -0.4 is 4.90 Å². The second kappa shape index (κ2) is 12.7. The highest BCUT2D eigenvalue weighted by Crippen LogP contribution is 2.63. The summed E-state index contributed by atoms with van der Waals surface area (Å²) in [4.78, 5) is 2.44. The standard InChI is InChI=1S/C54H43N/c1-36-22-24-37(25-23-36)41-30-32-46-47-33-31-42(35-51(47)54(50(46)34-41)48-18-8-6-16-44(48)45-17-7-9-19-49(45)54)38-26-28-40(29-27-38)53-21-11-13-39-12-5-10-20-52(39)55(53)43-14-3-2-4-15-43/h2-4,6-11,14-20,22,24,26,28-35,38H,5,12-13,23,25,27H2,1H3. The predicted molar refractivity (Wildman–Crippen MR) is 229 cm³/mol. The molecule has 0 fully saturated rings. The molecular weight excluding hydrogens is 663 g/mol. The molecule has 0 saturated carbocycles. The van der Waals surface area contributed by atoms with Crippen LogP contribution in [0.15, 0.2) is 198 Å². The van der Waals surface area contributed by atoms with Crippen LogP contribution in [0.25, 0.3) is 27.8 Å². The van der Waals surface area contributed by atoms with Crippen molar-refractivity contribution in [2.75, 3.05) is 4.90 Å². The molecule has 0 aromatic heterocycles. The quantitative estimate of drug-likeness (QED) is 0.165. The SMILES string of the molecule is CC1=CC=C(c2ccc3c(c2)C2(c4ccccc4-c4ccccc42)c2cc(C4C=CC(C5=C=CCC6=C(C=CCC6)N5c5ccccc5)=CC4)ccc2-3)CC1. The van der Waals surface area contributed by atoms with Gasteiger partial charge in [0.2, 0.25) is 0 Å². The molecule has 55 heavy (non-hydrogen) atoms. The Balaban J connectivity index is 1.01. The number of anilines is 1. The number of nitrogens with zero attached hydrogens (tertiary/aromatic N) is 1. The van der Waals surface area contributed by atoms with Crippen LogP contribution in [-0.2, 0) is 5.41 Å². The van der Waals surface area contributed by atoms with Gasteiger partial charge in [-0.3, -0.25) is 0 Å². The normalized spacial score (nSPS) is 19.8. The van der Waals surface area contributed by atoms with Gasteiger partial charge in [0, 0.05) is 22.9 Å². The van der Waals surface area contributed by atoms with Crippen molar-refractivity contribution in [1.29, 1.82) is 0 Å². The van der Waals surface area contributed by atoms with Crippen LogP contribution in [0.5, 0.6) is 0 Å². The van der Waals surface area contributed by atoms with E-state index in [9.17, 15) is 0 Å². The minimum absolute atomic E-state index is 0.282. The first-order chi connectivity index (χ1) is 27.2. The molecule has 1 aliphatic heterocycles. The van der Waals surface area contributed by atoms with Crippen molar-refractivity contribution in [3.63, 3.8) is 0 Å². The number of benzene rings is 5. The first-order valence-corrected chi connectivity index (χ1v) is 20.1. The molecule has 5 aliphatic carbocycles. The fraction of sp³-hybridized carbons (Fsp3) is 0.167. The maximum atomic E-state index is 3.75. The molecule has 264 valence electrons. The van der Waals surface area contributed by atoms with Crippen molar-refractivity contribution in [2.45, 2.75) is 56.8 Å². The highest BCUT2D eigenvalue weighted by Gasteiger charge is 2.51.